The first-order valence-corrected chi connectivity index (χ1v) is 5.07. The fraction of sp³-hybridized carbons (Fsp3) is 0.273. The average Bonchev–Trinajstić information content (AvgIpc) is 2.60. The van der Waals surface area contributed by atoms with E-state index >= 15 is 0 Å². The second-order valence-electron chi connectivity index (χ2n) is 3.62. The van der Waals surface area contributed by atoms with Crippen LogP contribution < -0.4 is 0 Å². The minimum absolute atomic E-state index is 0.175. The van der Waals surface area contributed by atoms with Crippen molar-refractivity contribution in [2.75, 3.05) is 0 Å². The van der Waals surface area contributed by atoms with E-state index in [4.69, 9.17) is 0 Å². The Labute approximate surface area is 80.4 Å². The molecule has 0 amide bonds. The van der Waals surface area contributed by atoms with Gasteiger partial charge in [0.25, 0.3) is 0 Å². The summed E-state index contributed by atoms with van der Waals surface area (Å²) in [6.07, 6.45) is 5.82. The molecule has 0 aliphatic heterocycles. The summed E-state index contributed by atoms with van der Waals surface area (Å²) in [5.74, 6) is 0.667. The monoisotopic (exact) mass is 220 g/mol. The van der Waals surface area contributed by atoms with Gasteiger partial charge in [-0.15, -0.1) is 0 Å². The van der Waals surface area contributed by atoms with Crippen molar-refractivity contribution in [2.45, 2.75) is 16.7 Å². The fourth-order valence-corrected chi connectivity index (χ4v) is 3.20. The average molecular weight is 221 g/mol. The molecule has 60 valence electrons. The van der Waals surface area contributed by atoms with Crippen LogP contribution in [0.25, 0.3) is 0 Å². The third-order valence-corrected chi connectivity index (χ3v) is 3.93. The molecule has 0 nitrogen and oxygen atoms in total. The largest absolute Gasteiger partial charge is 0.0792 e. The second-order valence-corrected chi connectivity index (χ2v) is 5.03. The molecule has 1 aromatic carbocycles. The predicted molar refractivity (Wildman–Crippen MR) is 53.5 cm³/mol. The zero-order chi connectivity index (χ0) is 8.18. The van der Waals surface area contributed by atoms with E-state index < -0.39 is 0 Å². The Bertz CT molecular complexity index is 367. The first kappa shape index (κ1) is 6.90. The molecule has 0 saturated heterocycles. The molecule has 2 aliphatic rings. The van der Waals surface area contributed by atoms with Crippen molar-refractivity contribution in [1.29, 1.82) is 0 Å². The van der Waals surface area contributed by atoms with Gasteiger partial charge in [0, 0.05) is 5.92 Å². The van der Waals surface area contributed by atoms with Gasteiger partial charge in [-0.2, -0.15) is 0 Å². The minimum Gasteiger partial charge on any atom is -0.0792 e. The number of rotatable bonds is 0. The first-order valence-electron chi connectivity index (χ1n) is 4.27. The molecule has 0 aromatic heterocycles. The molecular formula is C11H9Br. The van der Waals surface area contributed by atoms with Crippen LogP contribution in [-0.2, 0) is 4.32 Å². The zero-order valence-electron chi connectivity index (χ0n) is 6.63. The highest BCUT2D eigenvalue weighted by atomic mass is 79.9. The van der Waals surface area contributed by atoms with Gasteiger partial charge in [-0.25, -0.2) is 0 Å². The van der Waals surface area contributed by atoms with E-state index in [0.29, 0.717) is 5.92 Å². The first-order chi connectivity index (χ1) is 5.80. The molecule has 3 rings (SSSR count). The van der Waals surface area contributed by atoms with Crippen molar-refractivity contribution in [3.05, 3.63) is 47.5 Å². The van der Waals surface area contributed by atoms with Gasteiger partial charge in [-0.05, 0) is 17.5 Å². The summed E-state index contributed by atoms with van der Waals surface area (Å²) < 4.78 is 0.175. The Morgan fingerprint density at radius 2 is 2.17 bits per heavy atom. The van der Waals surface area contributed by atoms with E-state index in [9.17, 15) is 0 Å². The molecule has 2 atom stereocenters. The number of hydrogen-bond acceptors (Lipinski definition) is 0. The van der Waals surface area contributed by atoms with Crippen LogP contribution in [0, 0.1) is 0 Å². The number of alkyl halides is 1. The maximum Gasteiger partial charge on any atom is 0.0697 e. The molecule has 1 heteroatoms. The molecule has 12 heavy (non-hydrogen) atoms. The van der Waals surface area contributed by atoms with Crippen LogP contribution in [-0.4, -0.2) is 0 Å². The molecular weight excluding hydrogens is 212 g/mol. The van der Waals surface area contributed by atoms with E-state index in [1.54, 1.807) is 0 Å². The summed E-state index contributed by atoms with van der Waals surface area (Å²) in [6, 6.07) is 8.72. The highest BCUT2D eigenvalue weighted by Crippen LogP contribution is 2.55. The summed E-state index contributed by atoms with van der Waals surface area (Å²) in [4.78, 5) is 0. The van der Waals surface area contributed by atoms with Crippen LogP contribution in [0.4, 0.5) is 0 Å². The number of benzene rings is 1. The maximum absolute atomic E-state index is 3.80. The third-order valence-electron chi connectivity index (χ3n) is 2.92. The zero-order valence-corrected chi connectivity index (χ0v) is 8.21. The predicted octanol–water partition coefficient (Wildman–Crippen LogP) is 3.33. The Kier molecular flexibility index (Phi) is 1.16. The van der Waals surface area contributed by atoms with Crippen molar-refractivity contribution in [1.82, 2.24) is 0 Å². The molecule has 0 N–H and O–H groups in total. The van der Waals surface area contributed by atoms with Gasteiger partial charge < -0.3 is 0 Å². The van der Waals surface area contributed by atoms with E-state index in [0.717, 1.165) is 0 Å². The van der Waals surface area contributed by atoms with Crippen molar-refractivity contribution in [2.24, 2.45) is 0 Å². The Hall–Kier alpha value is -0.560. The molecule has 0 saturated carbocycles. The van der Waals surface area contributed by atoms with Crippen molar-refractivity contribution in [3.8, 4) is 0 Å². The molecule has 0 fully saturated rings. The Balaban J connectivity index is 2.31. The molecule has 2 bridgehead atoms. The summed E-state index contributed by atoms with van der Waals surface area (Å²) >= 11 is 3.80. The molecule has 0 spiro atoms. The van der Waals surface area contributed by atoms with E-state index in [1.807, 2.05) is 0 Å². The second kappa shape index (κ2) is 2.02. The lowest BCUT2D eigenvalue weighted by Crippen LogP contribution is -2.07. The van der Waals surface area contributed by atoms with Gasteiger partial charge in [0.2, 0.25) is 0 Å². The molecule has 1 aromatic rings. The van der Waals surface area contributed by atoms with Crippen LogP contribution in [0.2, 0.25) is 0 Å². The van der Waals surface area contributed by atoms with E-state index in [2.05, 4.69) is 52.3 Å². The van der Waals surface area contributed by atoms with Crippen molar-refractivity contribution < 1.29 is 0 Å². The number of hydrogen-bond donors (Lipinski definition) is 0. The van der Waals surface area contributed by atoms with Gasteiger partial charge >= 0.3 is 0 Å². The number of halogens is 1. The van der Waals surface area contributed by atoms with Gasteiger partial charge in [0.05, 0.1) is 4.32 Å². The smallest absolute Gasteiger partial charge is 0.0697 e. The quantitative estimate of drug-likeness (QED) is 0.465. The van der Waals surface area contributed by atoms with E-state index in [1.165, 1.54) is 17.5 Å². The lowest BCUT2D eigenvalue weighted by Gasteiger charge is -2.17. The SMILES string of the molecule is BrC12C=CC(C1)c1ccccc12. The highest BCUT2D eigenvalue weighted by Gasteiger charge is 2.42. The lowest BCUT2D eigenvalue weighted by molar-refractivity contribution is 0.767. The van der Waals surface area contributed by atoms with Gasteiger partial charge in [-0.1, -0.05) is 52.3 Å². The molecule has 2 unspecified atom stereocenters. The van der Waals surface area contributed by atoms with Crippen molar-refractivity contribution in [3.63, 3.8) is 0 Å². The highest BCUT2D eigenvalue weighted by molar-refractivity contribution is 9.09. The van der Waals surface area contributed by atoms with Crippen LogP contribution in [0.15, 0.2) is 36.4 Å². The maximum atomic E-state index is 3.80. The summed E-state index contributed by atoms with van der Waals surface area (Å²) in [6.45, 7) is 0. The number of fused-ring (bicyclic) bond motifs is 5. The normalized spacial score (nSPS) is 35.6. The van der Waals surface area contributed by atoms with Crippen LogP contribution in [0.5, 0.6) is 0 Å². The third kappa shape index (κ3) is 0.680. The van der Waals surface area contributed by atoms with E-state index in [-0.39, 0.29) is 4.32 Å². The van der Waals surface area contributed by atoms with Gasteiger partial charge in [0.1, 0.15) is 0 Å². The fourth-order valence-electron chi connectivity index (χ4n) is 2.34. The summed E-state index contributed by atoms with van der Waals surface area (Å²) in [5, 5.41) is 0. The number of allylic oxidation sites excluding steroid dienone is 2. The summed E-state index contributed by atoms with van der Waals surface area (Å²) in [7, 11) is 0. The Morgan fingerprint density at radius 3 is 3.00 bits per heavy atom. The van der Waals surface area contributed by atoms with Crippen LogP contribution in [0.1, 0.15) is 23.5 Å². The summed E-state index contributed by atoms with van der Waals surface area (Å²) in [5.41, 5.74) is 2.98. The minimum atomic E-state index is 0.175. The van der Waals surface area contributed by atoms with Crippen LogP contribution >= 0.6 is 15.9 Å². The van der Waals surface area contributed by atoms with Crippen LogP contribution in [0.3, 0.4) is 0 Å². The molecule has 0 heterocycles. The van der Waals surface area contributed by atoms with Gasteiger partial charge in [0.15, 0.2) is 0 Å². The molecule has 0 radical (unpaired) electrons. The lowest BCUT2D eigenvalue weighted by atomic mass is 9.97. The topological polar surface area (TPSA) is 0 Å². The molecule has 2 aliphatic carbocycles. The van der Waals surface area contributed by atoms with Gasteiger partial charge in [-0.3, -0.25) is 0 Å². The standard InChI is InChI=1S/C11H9Br/c12-11-6-5-8(7-11)9-3-1-2-4-10(9)11/h1-6,8H,7H2. The Morgan fingerprint density at radius 1 is 1.33 bits per heavy atom. The van der Waals surface area contributed by atoms with Crippen molar-refractivity contribution >= 4 is 15.9 Å².